The Hall–Kier alpha value is -1.07. The van der Waals surface area contributed by atoms with E-state index in [0.717, 1.165) is 12.8 Å². The Labute approximate surface area is 126 Å². The van der Waals surface area contributed by atoms with Crippen LogP contribution in [0.25, 0.3) is 0 Å². The minimum Gasteiger partial charge on any atom is -0.459 e. The van der Waals surface area contributed by atoms with E-state index in [1.165, 1.54) is 17.7 Å². The van der Waals surface area contributed by atoms with E-state index in [0.29, 0.717) is 24.2 Å². The second kappa shape index (κ2) is 7.27. The summed E-state index contributed by atoms with van der Waals surface area (Å²) in [6, 6.07) is 0. The van der Waals surface area contributed by atoms with Gasteiger partial charge in [0.1, 0.15) is 0 Å². The zero-order chi connectivity index (χ0) is 15.4. The maximum absolute atomic E-state index is 12.2. The smallest absolute Gasteiger partial charge is 0.288 e. The predicted octanol–water partition coefficient (Wildman–Crippen LogP) is 1.77. The third-order valence-electron chi connectivity index (χ3n) is 4.24. The molecule has 21 heavy (non-hydrogen) atoms. The topological polar surface area (TPSA) is 59.0 Å². The van der Waals surface area contributed by atoms with E-state index in [1.807, 2.05) is 13.0 Å². The lowest BCUT2D eigenvalue weighted by Gasteiger charge is -2.37. The summed E-state index contributed by atoms with van der Waals surface area (Å²) in [6.07, 6.45) is 5.64. The summed E-state index contributed by atoms with van der Waals surface area (Å²) in [5, 5.41) is 9.11. The van der Waals surface area contributed by atoms with Crippen molar-refractivity contribution in [1.29, 1.82) is 0 Å². The first kappa shape index (κ1) is 16.3. The molecule has 5 heteroatoms. The van der Waals surface area contributed by atoms with Gasteiger partial charge in [-0.25, -0.2) is 0 Å². The molecule has 1 saturated carbocycles. The van der Waals surface area contributed by atoms with E-state index < -0.39 is 0 Å². The molecule has 0 aromatic rings. The van der Waals surface area contributed by atoms with Crippen molar-refractivity contribution in [2.75, 3.05) is 27.3 Å². The van der Waals surface area contributed by atoms with E-state index in [1.54, 1.807) is 14.1 Å². The molecule has 1 amide bonds. The third-order valence-corrected chi connectivity index (χ3v) is 4.24. The molecule has 1 aliphatic heterocycles. The molecule has 0 spiro atoms. The van der Waals surface area contributed by atoms with Crippen LogP contribution in [0.2, 0.25) is 0 Å². The molecule has 5 nitrogen and oxygen atoms in total. The average Bonchev–Trinajstić information content (AvgIpc) is 3.29. The van der Waals surface area contributed by atoms with Gasteiger partial charge in [-0.1, -0.05) is 0 Å². The zero-order valence-corrected chi connectivity index (χ0v) is 13.2. The number of aliphatic hydroxyl groups excluding tert-OH is 1. The third kappa shape index (κ3) is 3.98. The highest BCUT2D eigenvalue weighted by molar-refractivity contribution is 5.91. The standard InChI is InChI=1S/C16H27NO4/c1-4-20-16-12(6-5-9-18)13(11-7-8-11)10-14(21-16)15(19)17(2)3/h10-13,16,18H,4-9H2,1-3H3/t12-,13-,16-/m0/s1. The van der Waals surface area contributed by atoms with Crippen LogP contribution < -0.4 is 0 Å². The summed E-state index contributed by atoms with van der Waals surface area (Å²) in [5.41, 5.74) is 0. The molecule has 1 aliphatic carbocycles. The first-order valence-electron chi connectivity index (χ1n) is 7.91. The highest BCUT2D eigenvalue weighted by Gasteiger charge is 2.44. The minimum absolute atomic E-state index is 0.106. The van der Waals surface area contributed by atoms with Gasteiger partial charge in [0.15, 0.2) is 5.76 Å². The molecule has 1 fully saturated rings. The summed E-state index contributed by atoms with van der Waals surface area (Å²) in [7, 11) is 3.46. The second-order valence-electron chi connectivity index (χ2n) is 6.12. The Kier molecular flexibility index (Phi) is 5.65. The van der Waals surface area contributed by atoms with Crippen LogP contribution in [0.1, 0.15) is 32.6 Å². The zero-order valence-electron chi connectivity index (χ0n) is 13.2. The van der Waals surface area contributed by atoms with Crippen molar-refractivity contribution in [2.45, 2.75) is 38.9 Å². The number of ether oxygens (including phenoxy) is 2. The summed E-state index contributed by atoms with van der Waals surface area (Å²) in [4.78, 5) is 13.7. The number of carbonyl (C=O) groups is 1. The van der Waals surface area contributed by atoms with Crippen LogP contribution in [-0.2, 0) is 14.3 Å². The van der Waals surface area contributed by atoms with Crippen LogP contribution in [0.4, 0.5) is 0 Å². The van der Waals surface area contributed by atoms with Crippen molar-refractivity contribution in [3.8, 4) is 0 Å². The van der Waals surface area contributed by atoms with Crippen molar-refractivity contribution in [1.82, 2.24) is 4.90 Å². The number of rotatable bonds is 7. The monoisotopic (exact) mass is 297 g/mol. The van der Waals surface area contributed by atoms with Gasteiger partial charge in [0.25, 0.3) is 5.91 Å². The summed E-state index contributed by atoms with van der Waals surface area (Å²) >= 11 is 0. The maximum Gasteiger partial charge on any atom is 0.288 e. The molecular weight excluding hydrogens is 270 g/mol. The number of aliphatic hydroxyl groups is 1. The van der Waals surface area contributed by atoms with Crippen molar-refractivity contribution < 1.29 is 19.4 Å². The highest BCUT2D eigenvalue weighted by Crippen LogP contribution is 2.47. The molecule has 1 N–H and O–H groups in total. The van der Waals surface area contributed by atoms with Gasteiger partial charge in [-0.3, -0.25) is 4.79 Å². The molecule has 0 aromatic carbocycles. The molecule has 0 bridgehead atoms. The van der Waals surface area contributed by atoms with Gasteiger partial charge in [-0.2, -0.15) is 0 Å². The number of hydrogen-bond donors (Lipinski definition) is 1. The summed E-state index contributed by atoms with van der Waals surface area (Å²) in [5.74, 6) is 1.48. The van der Waals surface area contributed by atoms with Crippen LogP contribution >= 0.6 is 0 Å². The van der Waals surface area contributed by atoms with Crippen molar-refractivity contribution in [3.05, 3.63) is 11.8 Å². The van der Waals surface area contributed by atoms with Gasteiger partial charge in [0.05, 0.1) is 0 Å². The first-order chi connectivity index (χ1) is 10.1. The Morgan fingerprint density at radius 2 is 2.19 bits per heavy atom. The van der Waals surface area contributed by atoms with Crippen molar-refractivity contribution in [3.63, 3.8) is 0 Å². The molecule has 0 unspecified atom stereocenters. The average molecular weight is 297 g/mol. The fourth-order valence-electron chi connectivity index (χ4n) is 3.02. The molecule has 120 valence electrons. The lowest BCUT2D eigenvalue weighted by Crippen LogP contribution is -2.40. The number of hydrogen-bond acceptors (Lipinski definition) is 4. The normalized spacial score (nSPS) is 28.8. The van der Waals surface area contributed by atoms with Gasteiger partial charge in [0.2, 0.25) is 6.29 Å². The van der Waals surface area contributed by atoms with Gasteiger partial charge in [-0.15, -0.1) is 0 Å². The molecule has 0 radical (unpaired) electrons. The molecule has 3 atom stereocenters. The molecule has 0 saturated heterocycles. The van der Waals surface area contributed by atoms with Gasteiger partial charge < -0.3 is 19.5 Å². The Bertz CT molecular complexity index is 390. The fourth-order valence-corrected chi connectivity index (χ4v) is 3.02. The number of nitrogens with zero attached hydrogens (tertiary/aromatic N) is 1. The largest absolute Gasteiger partial charge is 0.459 e. The Balaban J connectivity index is 2.20. The Morgan fingerprint density at radius 3 is 2.71 bits per heavy atom. The number of likely N-dealkylation sites (N-methyl/N-ethyl adjacent to an activating group) is 1. The SMILES string of the molecule is CCO[C@H]1OC(C(=O)N(C)C)=C[C@@H](C2CC2)[C@@H]1CCCO. The van der Waals surface area contributed by atoms with E-state index in [4.69, 9.17) is 14.6 Å². The van der Waals surface area contributed by atoms with E-state index in [9.17, 15) is 4.79 Å². The van der Waals surface area contributed by atoms with Crippen LogP contribution in [0.3, 0.4) is 0 Å². The second-order valence-corrected chi connectivity index (χ2v) is 6.12. The van der Waals surface area contributed by atoms with E-state index >= 15 is 0 Å². The maximum atomic E-state index is 12.2. The van der Waals surface area contributed by atoms with E-state index in [-0.39, 0.29) is 24.7 Å². The first-order valence-corrected chi connectivity index (χ1v) is 7.91. The van der Waals surface area contributed by atoms with Crippen LogP contribution in [0, 0.1) is 17.8 Å². The molecule has 0 aromatic heterocycles. The number of amides is 1. The fraction of sp³-hybridized carbons (Fsp3) is 0.812. The van der Waals surface area contributed by atoms with E-state index in [2.05, 4.69) is 0 Å². The Morgan fingerprint density at radius 1 is 1.48 bits per heavy atom. The molecule has 2 rings (SSSR count). The van der Waals surface area contributed by atoms with Crippen LogP contribution in [0.5, 0.6) is 0 Å². The van der Waals surface area contributed by atoms with Crippen molar-refractivity contribution in [2.24, 2.45) is 17.8 Å². The number of carbonyl (C=O) groups excluding carboxylic acids is 1. The predicted molar refractivity (Wildman–Crippen MR) is 79.3 cm³/mol. The van der Waals surface area contributed by atoms with Gasteiger partial charge >= 0.3 is 0 Å². The highest BCUT2D eigenvalue weighted by atomic mass is 16.7. The lowest BCUT2D eigenvalue weighted by atomic mass is 9.82. The van der Waals surface area contributed by atoms with Crippen LogP contribution in [0.15, 0.2) is 11.8 Å². The summed E-state index contributed by atoms with van der Waals surface area (Å²) in [6.45, 7) is 2.67. The quantitative estimate of drug-likeness (QED) is 0.778. The van der Waals surface area contributed by atoms with Gasteiger partial charge in [-0.05, 0) is 50.5 Å². The van der Waals surface area contributed by atoms with Gasteiger partial charge in [0, 0.05) is 33.2 Å². The molecule has 1 heterocycles. The van der Waals surface area contributed by atoms with Crippen LogP contribution in [-0.4, -0.2) is 49.5 Å². The summed E-state index contributed by atoms with van der Waals surface area (Å²) < 4.78 is 11.6. The van der Waals surface area contributed by atoms with Crippen molar-refractivity contribution >= 4 is 5.91 Å². The lowest BCUT2D eigenvalue weighted by molar-refractivity contribution is -0.176. The number of allylic oxidation sites excluding steroid dienone is 1. The molecule has 2 aliphatic rings. The minimum atomic E-state index is -0.379. The molecular formula is C16H27NO4.